The third-order valence-electron chi connectivity index (χ3n) is 8.28. The maximum Gasteiger partial charge on any atom is 0.0720 e. The van der Waals surface area contributed by atoms with Gasteiger partial charge in [0, 0.05) is 0 Å². The van der Waals surface area contributed by atoms with E-state index in [2.05, 4.69) is 93.5 Å². The Hall–Kier alpha value is -1.64. The summed E-state index contributed by atoms with van der Waals surface area (Å²) in [5, 5.41) is 0. The summed E-state index contributed by atoms with van der Waals surface area (Å²) in [7, 11) is 0. The van der Waals surface area contributed by atoms with Gasteiger partial charge in [-0.3, -0.25) is 0 Å². The van der Waals surface area contributed by atoms with E-state index in [0.29, 0.717) is 26.4 Å². The van der Waals surface area contributed by atoms with Crippen molar-refractivity contribution in [3.05, 3.63) is 68.8 Å². The lowest BCUT2D eigenvalue weighted by atomic mass is 9.74. The molecule has 2 heteroatoms. The maximum atomic E-state index is 6.12. The van der Waals surface area contributed by atoms with Crippen LogP contribution in [0, 0.1) is 0 Å². The van der Waals surface area contributed by atoms with Crippen LogP contribution in [0.1, 0.15) is 127 Å². The number of rotatable bonds is 14. The summed E-state index contributed by atoms with van der Waals surface area (Å²) in [6.45, 7) is 25.6. The quantitative estimate of drug-likeness (QED) is 0.244. The number of aryl methyl sites for hydroxylation is 4. The van der Waals surface area contributed by atoms with Crippen LogP contribution in [0.4, 0.5) is 0 Å². The largest absolute Gasteiger partial charge is 0.374 e. The minimum absolute atomic E-state index is 0.168. The van der Waals surface area contributed by atoms with Crippen molar-refractivity contribution in [1.82, 2.24) is 0 Å². The number of ether oxygens (including phenoxy) is 2. The van der Waals surface area contributed by atoms with Gasteiger partial charge >= 0.3 is 0 Å². The van der Waals surface area contributed by atoms with Crippen LogP contribution in [0.3, 0.4) is 0 Å². The zero-order valence-corrected chi connectivity index (χ0v) is 25.2. The van der Waals surface area contributed by atoms with Gasteiger partial charge in [-0.05, 0) is 93.9 Å². The van der Waals surface area contributed by atoms with E-state index in [1.165, 1.54) is 57.3 Å². The molecule has 0 fully saturated rings. The van der Waals surface area contributed by atoms with Crippen LogP contribution in [-0.4, -0.2) is 13.2 Å². The Bertz CT molecular complexity index is 960. The van der Waals surface area contributed by atoms with Crippen molar-refractivity contribution < 1.29 is 9.47 Å². The van der Waals surface area contributed by atoms with Crippen molar-refractivity contribution in [2.45, 2.75) is 132 Å². The van der Waals surface area contributed by atoms with Crippen molar-refractivity contribution in [2.24, 2.45) is 0 Å². The van der Waals surface area contributed by atoms with Crippen LogP contribution >= 0.6 is 0 Å². The SMILES string of the molecule is CCc1cc(C(C)(C)C)c(CC)cc1COCCOCc1cc(CC)c(C(C)(CC)CC)cc1CC. The van der Waals surface area contributed by atoms with Crippen LogP contribution < -0.4 is 0 Å². The molecule has 0 N–H and O–H groups in total. The molecule has 0 aliphatic carbocycles. The Morgan fingerprint density at radius 1 is 0.500 bits per heavy atom. The molecule has 0 heterocycles. The molecule has 2 aromatic carbocycles. The molecule has 0 aromatic heterocycles. The van der Waals surface area contributed by atoms with Crippen LogP contribution in [0.15, 0.2) is 24.3 Å². The van der Waals surface area contributed by atoms with Gasteiger partial charge in [-0.2, -0.15) is 0 Å². The lowest BCUT2D eigenvalue weighted by molar-refractivity contribution is 0.0334. The average Bonchev–Trinajstić information content (AvgIpc) is 2.88. The predicted octanol–water partition coefficient (Wildman–Crippen LogP) is 9.04. The molecule has 36 heavy (non-hydrogen) atoms. The molecule has 0 unspecified atom stereocenters. The Kier molecular flexibility index (Phi) is 11.7. The Morgan fingerprint density at radius 2 is 0.889 bits per heavy atom. The van der Waals surface area contributed by atoms with Crippen molar-refractivity contribution in [2.75, 3.05) is 13.2 Å². The van der Waals surface area contributed by atoms with Crippen LogP contribution in [0.2, 0.25) is 0 Å². The molecule has 0 saturated carbocycles. The normalized spacial score (nSPS) is 12.4. The molecule has 0 atom stereocenters. The third-order valence-corrected chi connectivity index (χ3v) is 8.28. The van der Waals surface area contributed by atoms with E-state index in [4.69, 9.17) is 9.47 Å². The molecule has 0 radical (unpaired) electrons. The first-order chi connectivity index (χ1) is 17.1. The fourth-order valence-corrected chi connectivity index (χ4v) is 5.37. The van der Waals surface area contributed by atoms with E-state index in [0.717, 1.165) is 25.7 Å². The molecule has 2 nitrogen and oxygen atoms in total. The summed E-state index contributed by atoms with van der Waals surface area (Å²) >= 11 is 0. The van der Waals surface area contributed by atoms with Crippen LogP contribution in [-0.2, 0) is 59.2 Å². The molecule has 0 aliphatic rings. The van der Waals surface area contributed by atoms with Gasteiger partial charge in [0.25, 0.3) is 0 Å². The van der Waals surface area contributed by atoms with E-state index in [1.54, 1.807) is 0 Å². The highest BCUT2D eigenvalue weighted by molar-refractivity contribution is 5.43. The molecular weight excluding hydrogens is 440 g/mol. The summed E-state index contributed by atoms with van der Waals surface area (Å²) in [4.78, 5) is 0. The van der Waals surface area contributed by atoms with Crippen molar-refractivity contribution in [3.8, 4) is 0 Å². The van der Waals surface area contributed by atoms with Gasteiger partial charge in [-0.15, -0.1) is 0 Å². The van der Waals surface area contributed by atoms with Gasteiger partial charge < -0.3 is 9.47 Å². The van der Waals surface area contributed by atoms with Gasteiger partial charge in [-0.1, -0.05) is 93.5 Å². The lowest BCUT2D eigenvalue weighted by Crippen LogP contribution is -2.22. The first kappa shape index (κ1) is 30.6. The molecule has 0 spiro atoms. The monoisotopic (exact) mass is 494 g/mol. The first-order valence-electron chi connectivity index (χ1n) is 14.5. The van der Waals surface area contributed by atoms with E-state index in [-0.39, 0.29) is 10.8 Å². The third kappa shape index (κ3) is 7.45. The summed E-state index contributed by atoms with van der Waals surface area (Å²) < 4.78 is 12.2. The summed E-state index contributed by atoms with van der Waals surface area (Å²) in [5.41, 5.74) is 11.8. The molecule has 0 saturated heterocycles. The molecule has 202 valence electrons. The minimum atomic E-state index is 0.168. The van der Waals surface area contributed by atoms with E-state index < -0.39 is 0 Å². The highest BCUT2D eigenvalue weighted by atomic mass is 16.5. The average molecular weight is 495 g/mol. The highest BCUT2D eigenvalue weighted by Gasteiger charge is 2.26. The second kappa shape index (κ2) is 13.8. The molecule has 0 aliphatic heterocycles. The highest BCUT2D eigenvalue weighted by Crippen LogP contribution is 2.36. The second-order valence-electron chi connectivity index (χ2n) is 11.6. The number of hydrogen-bond donors (Lipinski definition) is 0. The fraction of sp³-hybridized carbons (Fsp3) is 0.647. The zero-order chi connectivity index (χ0) is 26.9. The number of hydrogen-bond acceptors (Lipinski definition) is 2. The van der Waals surface area contributed by atoms with Crippen LogP contribution in [0.25, 0.3) is 0 Å². The predicted molar refractivity (Wildman–Crippen MR) is 156 cm³/mol. The summed E-state index contributed by atoms with van der Waals surface area (Å²) in [5.74, 6) is 0. The van der Waals surface area contributed by atoms with Gasteiger partial charge in [0.15, 0.2) is 0 Å². The van der Waals surface area contributed by atoms with Gasteiger partial charge in [0.1, 0.15) is 0 Å². The van der Waals surface area contributed by atoms with E-state index in [9.17, 15) is 0 Å². The minimum Gasteiger partial charge on any atom is -0.374 e. The summed E-state index contributed by atoms with van der Waals surface area (Å²) in [6, 6.07) is 9.67. The maximum absolute atomic E-state index is 6.12. The topological polar surface area (TPSA) is 18.5 Å². The second-order valence-corrected chi connectivity index (χ2v) is 11.6. The molecule has 2 aromatic rings. The van der Waals surface area contributed by atoms with Crippen molar-refractivity contribution >= 4 is 0 Å². The van der Waals surface area contributed by atoms with Gasteiger partial charge in [0.2, 0.25) is 0 Å². The van der Waals surface area contributed by atoms with Crippen molar-refractivity contribution in [1.29, 1.82) is 0 Å². The number of benzene rings is 2. The molecule has 0 bridgehead atoms. The zero-order valence-electron chi connectivity index (χ0n) is 25.2. The Labute approximate surface area is 223 Å². The smallest absolute Gasteiger partial charge is 0.0720 e. The Morgan fingerprint density at radius 3 is 1.25 bits per heavy atom. The van der Waals surface area contributed by atoms with Crippen molar-refractivity contribution in [3.63, 3.8) is 0 Å². The lowest BCUT2D eigenvalue weighted by Gasteiger charge is -2.31. The van der Waals surface area contributed by atoms with Gasteiger partial charge in [-0.25, -0.2) is 0 Å². The Balaban J connectivity index is 2.01. The van der Waals surface area contributed by atoms with E-state index in [1.807, 2.05) is 0 Å². The molecule has 2 rings (SSSR count). The first-order valence-corrected chi connectivity index (χ1v) is 14.5. The van der Waals surface area contributed by atoms with Gasteiger partial charge in [0.05, 0.1) is 26.4 Å². The summed E-state index contributed by atoms with van der Waals surface area (Å²) in [6.07, 6.45) is 6.54. The van der Waals surface area contributed by atoms with Crippen LogP contribution in [0.5, 0.6) is 0 Å². The van der Waals surface area contributed by atoms with E-state index >= 15 is 0 Å². The molecule has 0 amide bonds. The fourth-order valence-electron chi connectivity index (χ4n) is 5.37. The molecular formula is C34H54O2. The standard InChI is InChI=1S/C34H54O2/c1-11-25-21-31(33(7,8)9)27(13-3)19-29(25)23-35-17-18-36-24-30-20-28(14-4)32(22-26(30)12-2)34(10,15-5)16-6/h19-22H,11-18,23-24H2,1-10H3.